The molecule has 1 amide bonds. The molecule has 0 aliphatic carbocycles. The average Bonchev–Trinajstić information content (AvgIpc) is 2.42. The summed E-state index contributed by atoms with van der Waals surface area (Å²) in [5, 5.41) is 5.48. The molecule has 0 saturated carbocycles. The maximum absolute atomic E-state index is 13.3. The summed E-state index contributed by atoms with van der Waals surface area (Å²) < 4.78 is 31.6. The van der Waals surface area contributed by atoms with Crippen molar-refractivity contribution in [3.05, 3.63) is 29.8 Å². The normalized spacial score (nSPS) is 16.3. The Balaban J connectivity index is 1.81. The van der Waals surface area contributed by atoms with Crippen molar-refractivity contribution >= 4 is 11.6 Å². The molecule has 0 bridgehead atoms. The van der Waals surface area contributed by atoms with Crippen molar-refractivity contribution in [1.29, 1.82) is 0 Å². The van der Waals surface area contributed by atoms with Gasteiger partial charge in [0.15, 0.2) is 0 Å². The lowest BCUT2D eigenvalue weighted by Crippen LogP contribution is -2.34. The number of halogens is 2. The van der Waals surface area contributed by atoms with Gasteiger partial charge in [0.25, 0.3) is 0 Å². The van der Waals surface area contributed by atoms with E-state index in [1.807, 2.05) is 0 Å². The van der Waals surface area contributed by atoms with Crippen LogP contribution in [0.3, 0.4) is 0 Å². The van der Waals surface area contributed by atoms with E-state index in [1.54, 1.807) is 0 Å². The third kappa shape index (κ3) is 4.25. The number of amides is 1. The van der Waals surface area contributed by atoms with Gasteiger partial charge in [0.1, 0.15) is 18.2 Å². The van der Waals surface area contributed by atoms with Crippen LogP contribution >= 0.6 is 0 Å². The van der Waals surface area contributed by atoms with E-state index in [4.69, 9.17) is 4.74 Å². The number of hydrogen-bond donors (Lipinski definition) is 2. The molecular weight excluding hydrogens is 254 g/mol. The first-order valence-corrected chi connectivity index (χ1v) is 6.22. The van der Waals surface area contributed by atoms with Gasteiger partial charge in [0, 0.05) is 6.07 Å². The number of carbonyl (C=O) groups is 1. The second kappa shape index (κ2) is 6.58. The van der Waals surface area contributed by atoms with Gasteiger partial charge in [0.2, 0.25) is 5.91 Å². The summed E-state index contributed by atoms with van der Waals surface area (Å²) in [6.07, 6.45) is 1.74. The number of anilines is 1. The molecule has 1 aromatic carbocycles. The molecule has 1 aliphatic heterocycles. The Morgan fingerprint density at radius 3 is 2.84 bits per heavy atom. The van der Waals surface area contributed by atoms with Gasteiger partial charge in [-0.25, -0.2) is 8.78 Å². The number of ether oxygens (including phenoxy) is 1. The summed E-state index contributed by atoms with van der Waals surface area (Å²) >= 11 is 0. The van der Waals surface area contributed by atoms with Gasteiger partial charge in [-0.05, 0) is 38.1 Å². The predicted molar refractivity (Wildman–Crippen MR) is 66.8 cm³/mol. The molecular formula is C13H16F2N2O2. The summed E-state index contributed by atoms with van der Waals surface area (Å²) in [4.78, 5) is 11.6. The molecule has 0 spiro atoms. The summed E-state index contributed by atoms with van der Waals surface area (Å²) in [7, 11) is 0. The van der Waals surface area contributed by atoms with Gasteiger partial charge in [-0.3, -0.25) is 4.79 Å². The van der Waals surface area contributed by atoms with Gasteiger partial charge < -0.3 is 15.4 Å². The number of carbonyl (C=O) groups excluding carboxylic acids is 1. The van der Waals surface area contributed by atoms with Crippen LogP contribution in [0.1, 0.15) is 12.8 Å². The zero-order chi connectivity index (χ0) is 13.7. The van der Waals surface area contributed by atoms with Crippen LogP contribution < -0.4 is 10.6 Å². The van der Waals surface area contributed by atoms with Crippen molar-refractivity contribution in [3.8, 4) is 0 Å². The Bertz CT molecular complexity index is 448. The first-order valence-electron chi connectivity index (χ1n) is 6.22. The minimum Gasteiger partial charge on any atom is -0.368 e. The van der Waals surface area contributed by atoms with Gasteiger partial charge in [0.05, 0.1) is 11.8 Å². The maximum Gasteiger partial charge on any atom is 0.250 e. The highest BCUT2D eigenvalue weighted by Gasteiger charge is 2.15. The zero-order valence-corrected chi connectivity index (χ0v) is 10.4. The van der Waals surface area contributed by atoms with E-state index in [9.17, 15) is 13.6 Å². The van der Waals surface area contributed by atoms with E-state index >= 15 is 0 Å². The Morgan fingerprint density at radius 1 is 1.37 bits per heavy atom. The van der Waals surface area contributed by atoms with E-state index < -0.39 is 17.5 Å². The smallest absolute Gasteiger partial charge is 0.250 e. The molecule has 4 nitrogen and oxygen atoms in total. The molecule has 0 radical (unpaired) electrons. The van der Waals surface area contributed by atoms with Crippen LogP contribution in [0.15, 0.2) is 18.2 Å². The highest BCUT2D eigenvalue weighted by atomic mass is 19.1. The van der Waals surface area contributed by atoms with E-state index in [0.717, 1.165) is 44.1 Å². The van der Waals surface area contributed by atoms with Crippen LogP contribution in [0.25, 0.3) is 0 Å². The molecule has 6 heteroatoms. The van der Waals surface area contributed by atoms with Crippen molar-refractivity contribution in [1.82, 2.24) is 5.32 Å². The standard InChI is InChI=1S/C13H16F2N2O2/c14-9-1-2-11(15)12(7-9)17-13(18)8-19-10-3-5-16-6-4-10/h1-2,7,10,16H,3-6,8H2,(H,17,18). The van der Waals surface area contributed by atoms with Crippen LogP contribution in [0.2, 0.25) is 0 Å². The number of piperidine rings is 1. The third-order valence-corrected chi connectivity index (χ3v) is 2.94. The Hall–Kier alpha value is -1.53. The molecule has 0 aromatic heterocycles. The van der Waals surface area contributed by atoms with Crippen molar-refractivity contribution in [3.63, 3.8) is 0 Å². The van der Waals surface area contributed by atoms with E-state index in [2.05, 4.69) is 10.6 Å². The summed E-state index contributed by atoms with van der Waals surface area (Å²) in [6.45, 7) is 1.58. The molecule has 1 aliphatic rings. The van der Waals surface area contributed by atoms with Crippen molar-refractivity contribution in [2.45, 2.75) is 18.9 Å². The van der Waals surface area contributed by atoms with Gasteiger partial charge in [-0.1, -0.05) is 0 Å². The third-order valence-electron chi connectivity index (χ3n) is 2.94. The molecule has 19 heavy (non-hydrogen) atoms. The monoisotopic (exact) mass is 270 g/mol. The van der Waals surface area contributed by atoms with Crippen LogP contribution in [-0.2, 0) is 9.53 Å². The molecule has 2 N–H and O–H groups in total. The minimum atomic E-state index is -0.670. The highest BCUT2D eigenvalue weighted by molar-refractivity contribution is 5.91. The molecule has 104 valence electrons. The largest absolute Gasteiger partial charge is 0.368 e. The van der Waals surface area contributed by atoms with Crippen LogP contribution in [0.4, 0.5) is 14.5 Å². The molecule has 1 heterocycles. The number of hydrogen-bond acceptors (Lipinski definition) is 3. The van der Waals surface area contributed by atoms with Crippen LogP contribution in [-0.4, -0.2) is 31.7 Å². The van der Waals surface area contributed by atoms with Crippen molar-refractivity contribution in [2.24, 2.45) is 0 Å². The number of benzene rings is 1. The SMILES string of the molecule is O=C(COC1CCNCC1)Nc1cc(F)ccc1F. The Morgan fingerprint density at radius 2 is 2.11 bits per heavy atom. The lowest BCUT2D eigenvalue weighted by Gasteiger charge is -2.22. The first kappa shape index (κ1) is 13.9. The fourth-order valence-electron chi connectivity index (χ4n) is 1.94. The predicted octanol–water partition coefficient (Wildman–Crippen LogP) is 1.67. The van der Waals surface area contributed by atoms with Crippen molar-refractivity contribution in [2.75, 3.05) is 25.0 Å². The lowest BCUT2D eigenvalue weighted by atomic mass is 10.1. The van der Waals surface area contributed by atoms with E-state index in [1.165, 1.54) is 0 Å². The Kier molecular flexibility index (Phi) is 4.81. The molecule has 1 aromatic rings. The fraction of sp³-hybridized carbons (Fsp3) is 0.462. The highest BCUT2D eigenvalue weighted by Crippen LogP contribution is 2.15. The van der Waals surface area contributed by atoms with Crippen molar-refractivity contribution < 1.29 is 18.3 Å². The van der Waals surface area contributed by atoms with Gasteiger partial charge in [-0.15, -0.1) is 0 Å². The average molecular weight is 270 g/mol. The summed E-state index contributed by atoms with van der Waals surface area (Å²) in [6, 6.07) is 2.91. The quantitative estimate of drug-likeness (QED) is 0.875. The molecule has 1 fully saturated rings. The molecule has 0 atom stereocenters. The zero-order valence-electron chi connectivity index (χ0n) is 10.4. The topological polar surface area (TPSA) is 50.4 Å². The number of nitrogens with one attached hydrogen (secondary N) is 2. The number of rotatable bonds is 4. The van der Waals surface area contributed by atoms with E-state index in [0.29, 0.717) is 0 Å². The summed E-state index contributed by atoms with van der Waals surface area (Å²) in [5.74, 6) is -1.75. The first-order chi connectivity index (χ1) is 9.15. The second-order valence-electron chi connectivity index (χ2n) is 4.43. The maximum atomic E-state index is 13.3. The van der Waals surface area contributed by atoms with Crippen LogP contribution in [0, 0.1) is 11.6 Å². The minimum absolute atomic E-state index is 0.0457. The molecule has 1 saturated heterocycles. The Labute approximate surface area is 110 Å². The summed E-state index contributed by atoms with van der Waals surface area (Å²) in [5.41, 5.74) is -0.168. The van der Waals surface area contributed by atoms with Crippen LogP contribution in [0.5, 0.6) is 0 Å². The van der Waals surface area contributed by atoms with E-state index in [-0.39, 0.29) is 18.4 Å². The fourth-order valence-corrected chi connectivity index (χ4v) is 1.94. The lowest BCUT2D eigenvalue weighted by molar-refractivity contribution is -0.123. The van der Waals surface area contributed by atoms with Gasteiger partial charge in [-0.2, -0.15) is 0 Å². The molecule has 0 unspecified atom stereocenters. The molecule has 2 rings (SSSR count). The van der Waals surface area contributed by atoms with Gasteiger partial charge >= 0.3 is 0 Å². The second-order valence-corrected chi connectivity index (χ2v) is 4.43.